The molecule has 1 fully saturated rings. The third-order valence-corrected chi connectivity index (χ3v) is 7.09. The van der Waals surface area contributed by atoms with Crippen LogP contribution in [0.2, 0.25) is 0 Å². The predicted octanol–water partition coefficient (Wildman–Crippen LogP) is 2.96. The van der Waals surface area contributed by atoms with E-state index in [4.69, 9.17) is 0 Å². The van der Waals surface area contributed by atoms with E-state index in [0.717, 1.165) is 15.0 Å². The monoisotopic (exact) mass is 451 g/mol. The molecule has 5 rings (SSSR count). The first-order chi connectivity index (χ1) is 14.6. The zero-order chi connectivity index (χ0) is 22.1. The zero-order valence-corrected chi connectivity index (χ0v) is 17.0. The van der Waals surface area contributed by atoms with Gasteiger partial charge in [-0.2, -0.15) is 18.3 Å². The van der Waals surface area contributed by atoms with E-state index in [1.54, 1.807) is 24.4 Å². The molecule has 31 heavy (non-hydrogen) atoms. The number of nitrogens with zero attached hydrogens (tertiary/aromatic N) is 5. The second kappa shape index (κ2) is 6.42. The summed E-state index contributed by atoms with van der Waals surface area (Å²) in [4.78, 5) is 17.0. The quantitative estimate of drug-likeness (QED) is 0.476. The molecular weight excluding hydrogens is 435 g/mol. The minimum absolute atomic E-state index is 0.00879. The topological polar surface area (TPSA) is 90.7 Å². The largest absolute Gasteiger partial charge is 0.431 e. The number of halogens is 3. The second-order valence-corrected chi connectivity index (χ2v) is 9.59. The van der Waals surface area contributed by atoms with Crippen LogP contribution < -0.4 is 5.69 Å². The maximum Gasteiger partial charge on any atom is 0.431 e. The van der Waals surface area contributed by atoms with Crippen molar-refractivity contribution in [3.8, 4) is 11.4 Å². The normalized spacial score (nSPS) is 15.2. The van der Waals surface area contributed by atoms with E-state index in [9.17, 15) is 26.4 Å². The lowest BCUT2D eigenvalue weighted by molar-refractivity contribution is -0.144. The average Bonchev–Trinajstić information content (AvgIpc) is 3.32. The summed E-state index contributed by atoms with van der Waals surface area (Å²) in [5.41, 5.74) is -1.84. The first-order valence-corrected chi connectivity index (χ1v) is 11.2. The van der Waals surface area contributed by atoms with Gasteiger partial charge in [-0.3, -0.25) is 8.97 Å². The summed E-state index contributed by atoms with van der Waals surface area (Å²) in [6.07, 6.45) is -0.948. The fraction of sp³-hybridized carbons (Fsp3) is 0.316. The maximum atomic E-state index is 13.6. The molecule has 1 saturated carbocycles. The molecule has 1 aliphatic rings. The number of hydrogen-bond donors (Lipinski definition) is 0. The number of fused-ring (bicyclic) bond motifs is 2. The van der Waals surface area contributed by atoms with Gasteiger partial charge in [-0.25, -0.2) is 22.7 Å². The Morgan fingerprint density at radius 2 is 1.97 bits per heavy atom. The Labute approximate surface area is 173 Å². The highest BCUT2D eigenvalue weighted by atomic mass is 32.2. The SMILES string of the molecule is CCS(=O)(=O)c1c(-c2cn3c(=O)n(C4CC4)c(C(F)(F)F)cc3n2)nn2ccccc12. The Morgan fingerprint density at radius 3 is 2.61 bits per heavy atom. The molecule has 0 saturated heterocycles. The molecular formula is C19H16F3N5O3S. The van der Waals surface area contributed by atoms with Gasteiger partial charge in [-0.05, 0) is 25.0 Å². The van der Waals surface area contributed by atoms with Crippen LogP contribution in [0.5, 0.6) is 0 Å². The average molecular weight is 451 g/mol. The van der Waals surface area contributed by atoms with Crippen LogP contribution in [-0.2, 0) is 16.0 Å². The van der Waals surface area contributed by atoms with E-state index in [2.05, 4.69) is 10.1 Å². The van der Waals surface area contributed by atoms with Crippen molar-refractivity contribution in [2.45, 2.75) is 36.9 Å². The number of aromatic nitrogens is 5. The summed E-state index contributed by atoms with van der Waals surface area (Å²) in [5.74, 6) is -0.198. The van der Waals surface area contributed by atoms with Gasteiger partial charge in [-0.15, -0.1) is 0 Å². The minimum atomic E-state index is -4.73. The van der Waals surface area contributed by atoms with Gasteiger partial charge in [0.15, 0.2) is 9.84 Å². The molecule has 12 heteroatoms. The van der Waals surface area contributed by atoms with Crippen molar-refractivity contribution in [2.24, 2.45) is 0 Å². The van der Waals surface area contributed by atoms with Crippen LogP contribution in [0.15, 0.2) is 46.3 Å². The molecule has 0 unspecified atom stereocenters. The molecule has 162 valence electrons. The molecule has 0 radical (unpaired) electrons. The van der Waals surface area contributed by atoms with Crippen molar-refractivity contribution in [2.75, 3.05) is 5.75 Å². The molecule has 0 atom stereocenters. The zero-order valence-electron chi connectivity index (χ0n) is 16.2. The van der Waals surface area contributed by atoms with Gasteiger partial charge < -0.3 is 0 Å². The standard InChI is InChI=1S/C19H16F3N5O3S/c1-2-31(29,30)17-13-5-3-4-8-26(13)24-16(17)12-10-25-15(23-12)9-14(19(20,21)22)27(18(25)28)11-6-7-11/h3-5,8-11H,2,6-7H2,1H3. The molecule has 0 aromatic carbocycles. The Bertz CT molecular complexity index is 1510. The molecule has 4 aromatic heterocycles. The lowest BCUT2D eigenvalue weighted by Gasteiger charge is -2.14. The van der Waals surface area contributed by atoms with Crippen LogP contribution >= 0.6 is 0 Å². The van der Waals surface area contributed by atoms with Crippen molar-refractivity contribution in [1.29, 1.82) is 0 Å². The van der Waals surface area contributed by atoms with Gasteiger partial charge >= 0.3 is 11.9 Å². The first kappa shape index (κ1) is 19.8. The van der Waals surface area contributed by atoms with E-state index in [1.165, 1.54) is 17.6 Å². The molecule has 8 nitrogen and oxygen atoms in total. The number of rotatable bonds is 4. The lowest BCUT2D eigenvalue weighted by Crippen LogP contribution is -2.31. The predicted molar refractivity (Wildman–Crippen MR) is 105 cm³/mol. The van der Waals surface area contributed by atoms with Crippen molar-refractivity contribution in [3.63, 3.8) is 0 Å². The van der Waals surface area contributed by atoms with Gasteiger partial charge in [0.05, 0.1) is 11.3 Å². The highest BCUT2D eigenvalue weighted by Crippen LogP contribution is 2.39. The van der Waals surface area contributed by atoms with Gasteiger partial charge in [0.2, 0.25) is 0 Å². The number of pyridine rings is 1. The van der Waals surface area contributed by atoms with Crippen molar-refractivity contribution >= 4 is 21.0 Å². The summed E-state index contributed by atoms with van der Waals surface area (Å²) in [5, 5.41) is 4.29. The van der Waals surface area contributed by atoms with E-state index in [1.807, 2.05) is 0 Å². The molecule has 0 spiro atoms. The Hall–Kier alpha value is -3.15. The smallest absolute Gasteiger partial charge is 0.286 e. The van der Waals surface area contributed by atoms with Gasteiger partial charge in [-0.1, -0.05) is 13.0 Å². The van der Waals surface area contributed by atoms with Crippen LogP contribution in [0.3, 0.4) is 0 Å². The van der Waals surface area contributed by atoms with Crippen LogP contribution in [0, 0.1) is 0 Å². The molecule has 4 heterocycles. The van der Waals surface area contributed by atoms with Gasteiger partial charge in [0, 0.05) is 24.5 Å². The van der Waals surface area contributed by atoms with E-state index in [0.29, 0.717) is 18.4 Å². The number of hydrogen-bond acceptors (Lipinski definition) is 5. The van der Waals surface area contributed by atoms with Crippen LogP contribution in [0.4, 0.5) is 13.2 Å². The van der Waals surface area contributed by atoms with Crippen molar-refractivity contribution in [3.05, 3.63) is 52.8 Å². The van der Waals surface area contributed by atoms with Gasteiger partial charge in [0.25, 0.3) is 0 Å². The number of sulfone groups is 1. The molecule has 0 amide bonds. The van der Waals surface area contributed by atoms with Crippen molar-refractivity contribution in [1.82, 2.24) is 23.6 Å². The summed E-state index contributed by atoms with van der Waals surface area (Å²) in [6.45, 7) is 1.49. The van der Waals surface area contributed by atoms with E-state index >= 15 is 0 Å². The Morgan fingerprint density at radius 1 is 1.23 bits per heavy atom. The lowest BCUT2D eigenvalue weighted by atomic mass is 10.3. The summed E-state index contributed by atoms with van der Waals surface area (Å²) in [6, 6.07) is 5.21. The number of alkyl halides is 3. The van der Waals surface area contributed by atoms with Crippen LogP contribution in [-0.4, -0.2) is 37.7 Å². The fourth-order valence-corrected chi connectivity index (χ4v) is 4.88. The summed E-state index contributed by atoms with van der Waals surface area (Å²) < 4.78 is 69.5. The highest BCUT2D eigenvalue weighted by Gasteiger charge is 2.40. The van der Waals surface area contributed by atoms with Crippen molar-refractivity contribution < 1.29 is 21.6 Å². The molecule has 4 aromatic rings. The Balaban J connectivity index is 1.82. The second-order valence-electron chi connectivity index (χ2n) is 7.38. The summed E-state index contributed by atoms with van der Waals surface area (Å²) in [7, 11) is -3.75. The van der Waals surface area contributed by atoms with E-state index in [-0.39, 0.29) is 27.7 Å². The third kappa shape index (κ3) is 3.04. The highest BCUT2D eigenvalue weighted by molar-refractivity contribution is 7.91. The molecule has 0 aliphatic heterocycles. The Kier molecular flexibility index (Phi) is 4.10. The van der Waals surface area contributed by atoms with E-state index < -0.39 is 33.4 Å². The molecule has 0 N–H and O–H groups in total. The molecule has 0 bridgehead atoms. The minimum Gasteiger partial charge on any atom is -0.286 e. The van der Waals surface area contributed by atoms with Crippen LogP contribution in [0.25, 0.3) is 22.6 Å². The molecule has 1 aliphatic carbocycles. The van der Waals surface area contributed by atoms with Gasteiger partial charge in [0.1, 0.15) is 27.6 Å². The fourth-order valence-electron chi connectivity index (χ4n) is 3.67. The maximum absolute atomic E-state index is 13.6. The first-order valence-electron chi connectivity index (χ1n) is 9.54. The summed E-state index contributed by atoms with van der Waals surface area (Å²) >= 11 is 0. The number of imidazole rings is 1. The third-order valence-electron chi connectivity index (χ3n) is 5.30. The van der Waals surface area contributed by atoms with Crippen LogP contribution in [0.1, 0.15) is 31.5 Å².